The number of Topliss-reactive ketones (excluding diaryl/α,β-unsaturated/α-hetero) is 1. The number of nitrogens with zero attached hydrogens (tertiary/aromatic N) is 2. The van der Waals surface area contributed by atoms with Crippen molar-refractivity contribution in [2.75, 3.05) is 46.4 Å². The molecule has 6 nitrogen and oxygen atoms in total. The Morgan fingerprint density at radius 1 is 1.10 bits per heavy atom. The van der Waals surface area contributed by atoms with Crippen molar-refractivity contribution in [2.45, 2.75) is 0 Å². The highest BCUT2D eigenvalue weighted by molar-refractivity contribution is 6.14. The number of ketones is 1. The number of rotatable bonds is 6. The number of aromatic amines is 1. The predicted molar refractivity (Wildman–Crippen MR) is 113 cm³/mol. The molecule has 156 valence electrons. The fourth-order valence-corrected chi connectivity index (χ4v) is 3.80. The average molecular weight is 409 g/mol. The summed E-state index contributed by atoms with van der Waals surface area (Å²) in [6, 6.07) is 13.9. The van der Waals surface area contributed by atoms with E-state index in [0.717, 1.165) is 5.56 Å². The molecule has 1 aromatic heterocycles. The quantitative estimate of drug-likeness (QED) is 0.636. The van der Waals surface area contributed by atoms with Gasteiger partial charge in [-0.05, 0) is 30.8 Å². The van der Waals surface area contributed by atoms with E-state index >= 15 is 0 Å². The number of aromatic nitrogens is 1. The Bertz CT molecular complexity index is 1060. The molecule has 1 aliphatic rings. The number of nitrogens with one attached hydrogen (secondary N) is 1. The Hall–Kier alpha value is -3.03. The lowest BCUT2D eigenvalue weighted by Crippen LogP contribution is -2.45. The fourth-order valence-electron chi connectivity index (χ4n) is 3.80. The van der Waals surface area contributed by atoms with E-state index in [1.807, 2.05) is 30.3 Å². The molecule has 0 atom stereocenters. The molecule has 0 spiro atoms. The third-order valence-electron chi connectivity index (χ3n) is 5.28. The van der Waals surface area contributed by atoms with E-state index in [1.54, 1.807) is 22.9 Å². The van der Waals surface area contributed by atoms with E-state index in [-0.39, 0.29) is 24.8 Å². The molecule has 7 heteroatoms. The van der Waals surface area contributed by atoms with Gasteiger partial charge in [-0.15, -0.1) is 0 Å². The highest BCUT2D eigenvalue weighted by Gasteiger charge is 2.23. The minimum Gasteiger partial charge on any atom is -0.378 e. The van der Waals surface area contributed by atoms with Crippen LogP contribution in [0.15, 0.2) is 48.5 Å². The van der Waals surface area contributed by atoms with Gasteiger partial charge in [0.2, 0.25) is 5.91 Å². The maximum atomic E-state index is 13.9. The summed E-state index contributed by atoms with van der Waals surface area (Å²) < 4.78 is 19.2. The molecule has 0 radical (unpaired) electrons. The van der Waals surface area contributed by atoms with Crippen LogP contribution in [0.2, 0.25) is 0 Å². The lowest BCUT2D eigenvalue weighted by atomic mass is 10.0. The topological polar surface area (TPSA) is 65.6 Å². The molecule has 3 aromatic rings. The van der Waals surface area contributed by atoms with Crippen LogP contribution in [-0.2, 0) is 9.53 Å². The Balaban J connectivity index is 1.59. The number of ether oxygens (including phenoxy) is 1. The normalized spacial score (nSPS) is 14.4. The lowest BCUT2D eigenvalue weighted by Gasteiger charge is -2.28. The van der Waals surface area contributed by atoms with Crippen LogP contribution in [0, 0.1) is 5.82 Å². The van der Waals surface area contributed by atoms with Gasteiger partial charge in [0.15, 0.2) is 5.78 Å². The zero-order valence-electron chi connectivity index (χ0n) is 16.9. The molecule has 2 aromatic carbocycles. The molecule has 0 bridgehead atoms. The largest absolute Gasteiger partial charge is 0.378 e. The first-order valence-electron chi connectivity index (χ1n) is 9.97. The van der Waals surface area contributed by atoms with Crippen molar-refractivity contribution in [3.05, 3.63) is 59.9 Å². The molecule has 1 N–H and O–H groups in total. The van der Waals surface area contributed by atoms with Gasteiger partial charge < -0.3 is 14.6 Å². The number of carbonyl (C=O) groups excluding carboxylic acids is 2. The maximum Gasteiger partial charge on any atom is 0.236 e. The van der Waals surface area contributed by atoms with Crippen molar-refractivity contribution >= 4 is 22.6 Å². The van der Waals surface area contributed by atoms with E-state index in [9.17, 15) is 14.0 Å². The van der Waals surface area contributed by atoms with Gasteiger partial charge in [-0.25, -0.2) is 4.39 Å². The van der Waals surface area contributed by atoms with Crippen molar-refractivity contribution < 1.29 is 18.7 Å². The predicted octanol–water partition coefficient (Wildman–Crippen LogP) is 2.95. The summed E-state index contributed by atoms with van der Waals surface area (Å²) in [4.78, 5) is 32.5. The monoisotopic (exact) mass is 409 g/mol. The number of fused-ring (bicyclic) bond motifs is 1. The molecular formula is C23H24FN3O3. The Labute approximate surface area is 174 Å². The van der Waals surface area contributed by atoms with E-state index in [1.165, 1.54) is 12.1 Å². The summed E-state index contributed by atoms with van der Waals surface area (Å²) in [7, 11) is 1.74. The highest BCUT2D eigenvalue weighted by Crippen LogP contribution is 2.31. The van der Waals surface area contributed by atoms with Gasteiger partial charge in [-0.1, -0.05) is 30.3 Å². The summed E-state index contributed by atoms with van der Waals surface area (Å²) in [6.07, 6.45) is 0. The number of morpholine rings is 1. The minimum atomic E-state index is -0.397. The van der Waals surface area contributed by atoms with Crippen molar-refractivity contribution in [2.24, 2.45) is 0 Å². The molecular weight excluding hydrogens is 385 g/mol. The molecule has 30 heavy (non-hydrogen) atoms. The SMILES string of the molecule is CN(CC(=O)c1c(-c2ccccc2)[nH]c2ccc(F)cc12)CC(=O)N1CCOCC1. The molecule has 1 amide bonds. The number of benzene rings is 2. The number of carbonyl (C=O) groups is 2. The highest BCUT2D eigenvalue weighted by atomic mass is 19.1. The van der Waals surface area contributed by atoms with Gasteiger partial charge in [0.25, 0.3) is 0 Å². The van der Waals surface area contributed by atoms with Crippen LogP contribution in [0.3, 0.4) is 0 Å². The Morgan fingerprint density at radius 2 is 1.83 bits per heavy atom. The molecule has 4 rings (SSSR count). The standard InChI is InChI=1S/C23H24FN3O3/c1-26(15-21(29)27-9-11-30-12-10-27)14-20(28)22-18-13-17(24)7-8-19(18)25-23(22)16-5-3-2-4-6-16/h2-8,13,25H,9-12,14-15H2,1H3. The van der Waals surface area contributed by atoms with Crippen molar-refractivity contribution in [1.82, 2.24) is 14.8 Å². The zero-order chi connectivity index (χ0) is 21.1. The fraction of sp³-hybridized carbons (Fsp3) is 0.304. The maximum absolute atomic E-state index is 13.9. The van der Waals surface area contributed by atoms with E-state index in [2.05, 4.69) is 4.98 Å². The molecule has 0 aliphatic carbocycles. The van der Waals surface area contributed by atoms with Gasteiger partial charge in [0.05, 0.1) is 37.6 Å². The van der Waals surface area contributed by atoms with Crippen LogP contribution >= 0.6 is 0 Å². The molecule has 0 saturated carbocycles. The molecule has 2 heterocycles. The first kappa shape index (κ1) is 20.3. The van der Waals surface area contributed by atoms with Crippen LogP contribution in [0.5, 0.6) is 0 Å². The van der Waals surface area contributed by atoms with Gasteiger partial charge in [0.1, 0.15) is 5.82 Å². The minimum absolute atomic E-state index is 0.0261. The summed E-state index contributed by atoms with van der Waals surface area (Å²) in [5, 5.41) is 0.548. The molecule has 1 aliphatic heterocycles. The van der Waals surface area contributed by atoms with Gasteiger partial charge >= 0.3 is 0 Å². The summed E-state index contributed by atoms with van der Waals surface area (Å²) >= 11 is 0. The van der Waals surface area contributed by atoms with Crippen LogP contribution < -0.4 is 0 Å². The summed E-state index contributed by atoms with van der Waals surface area (Å²) in [5.41, 5.74) is 2.66. The van der Waals surface area contributed by atoms with Gasteiger partial charge in [0, 0.05) is 24.0 Å². The van der Waals surface area contributed by atoms with Gasteiger partial charge in [-0.3, -0.25) is 14.5 Å². The number of hydrogen-bond acceptors (Lipinski definition) is 4. The second-order valence-electron chi connectivity index (χ2n) is 7.52. The van der Waals surface area contributed by atoms with Gasteiger partial charge in [-0.2, -0.15) is 0 Å². The number of halogens is 1. The van der Waals surface area contributed by atoms with E-state index in [4.69, 9.17) is 4.74 Å². The molecule has 1 saturated heterocycles. The smallest absolute Gasteiger partial charge is 0.236 e. The second-order valence-corrected chi connectivity index (χ2v) is 7.52. The molecule has 1 fully saturated rings. The van der Waals surface area contributed by atoms with E-state index < -0.39 is 5.82 Å². The van der Waals surface area contributed by atoms with Crippen LogP contribution in [0.25, 0.3) is 22.2 Å². The Morgan fingerprint density at radius 3 is 2.57 bits per heavy atom. The van der Waals surface area contributed by atoms with Crippen LogP contribution in [0.4, 0.5) is 4.39 Å². The summed E-state index contributed by atoms with van der Waals surface area (Å²) in [6.45, 7) is 2.41. The number of H-pyrrole nitrogens is 1. The lowest BCUT2D eigenvalue weighted by molar-refractivity contribution is -0.136. The summed E-state index contributed by atoms with van der Waals surface area (Å²) in [5.74, 6) is -0.587. The number of hydrogen-bond donors (Lipinski definition) is 1. The third-order valence-corrected chi connectivity index (χ3v) is 5.28. The number of amides is 1. The van der Waals surface area contributed by atoms with Crippen molar-refractivity contribution in [3.8, 4) is 11.3 Å². The molecule has 0 unspecified atom stereocenters. The van der Waals surface area contributed by atoms with Crippen molar-refractivity contribution in [3.63, 3.8) is 0 Å². The zero-order valence-corrected chi connectivity index (χ0v) is 16.9. The first-order chi connectivity index (χ1) is 14.5. The number of likely N-dealkylation sites (N-methyl/N-ethyl adjacent to an activating group) is 1. The Kier molecular flexibility index (Phi) is 5.92. The average Bonchev–Trinajstić information content (AvgIpc) is 3.13. The second kappa shape index (κ2) is 8.77. The van der Waals surface area contributed by atoms with Crippen LogP contribution in [0.1, 0.15) is 10.4 Å². The van der Waals surface area contributed by atoms with Crippen LogP contribution in [-0.4, -0.2) is 72.9 Å². The first-order valence-corrected chi connectivity index (χ1v) is 9.97. The van der Waals surface area contributed by atoms with Crippen molar-refractivity contribution in [1.29, 1.82) is 0 Å². The third kappa shape index (κ3) is 4.27. The van der Waals surface area contributed by atoms with E-state index in [0.29, 0.717) is 48.5 Å².